The van der Waals surface area contributed by atoms with Crippen molar-refractivity contribution in [2.24, 2.45) is 0 Å². The molecule has 3 rings (SSSR count). The second-order valence-electron chi connectivity index (χ2n) is 6.61. The highest BCUT2D eigenvalue weighted by molar-refractivity contribution is 5.96. The van der Waals surface area contributed by atoms with E-state index in [9.17, 15) is 22.8 Å². The van der Waals surface area contributed by atoms with Gasteiger partial charge in [0.1, 0.15) is 11.9 Å². The molecule has 30 heavy (non-hydrogen) atoms. The fourth-order valence-electron chi connectivity index (χ4n) is 2.78. The van der Waals surface area contributed by atoms with Gasteiger partial charge in [0.15, 0.2) is 0 Å². The van der Waals surface area contributed by atoms with E-state index in [0.717, 1.165) is 12.1 Å². The quantitative estimate of drug-likeness (QED) is 0.777. The van der Waals surface area contributed by atoms with Crippen molar-refractivity contribution in [3.05, 3.63) is 42.4 Å². The summed E-state index contributed by atoms with van der Waals surface area (Å²) >= 11 is 0. The minimum atomic E-state index is -4.51. The summed E-state index contributed by atoms with van der Waals surface area (Å²) < 4.78 is 37.7. The molecule has 1 fully saturated rings. The van der Waals surface area contributed by atoms with E-state index >= 15 is 0 Å². The Morgan fingerprint density at radius 3 is 2.30 bits per heavy atom. The number of halogens is 3. The summed E-state index contributed by atoms with van der Waals surface area (Å²) in [5.41, 5.74) is -0.915. The van der Waals surface area contributed by atoms with E-state index in [1.807, 2.05) is 4.90 Å². The highest BCUT2D eigenvalue weighted by Crippen LogP contribution is 2.28. The molecule has 0 saturated carbocycles. The summed E-state index contributed by atoms with van der Waals surface area (Å²) in [5, 5.41) is 4.96. The molecule has 0 unspecified atom stereocenters. The molecule has 2 N–H and O–H groups in total. The van der Waals surface area contributed by atoms with Gasteiger partial charge in [0.2, 0.25) is 11.9 Å². The number of nitrogens with one attached hydrogen (secondary N) is 2. The van der Waals surface area contributed by atoms with Crippen LogP contribution in [0.15, 0.2) is 36.8 Å². The number of anilines is 2. The molecule has 1 atom stereocenters. The van der Waals surface area contributed by atoms with Gasteiger partial charge < -0.3 is 20.4 Å². The molecule has 12 heteroatoms. The van der Waals surface area contributed by atoms with Crippen LogP contribution in [0.3, 0.4) is 0 Å². The van der Waals surface area contributed by atoms with Crippen molar-refractivity contribution in [2.75, 3.05) is 36.4 Å². The van der Waals surface area contributed by atoms with E-state index in [1.165, 1.54) is 6.92 Å². The lowest BCUT2D eigenvalue weighted by Crippen LogP contribution is -2.55. The van der Waals surface area contributed by atoms with Gasteiger partial charge in [-0.1, -0.05) is 0 Å². The van der Waals surface area contributed by atoms with Crippen LogP contribution < -0.4 is 15.5 Å². The fourth-order valence-corrected chi connectivity index (χ4v) is 2.78. The number of nitrogens with zero attached hydrogens (tertiary/aromatic N) is 5. The maximum atomic E-state index is 12.6. The molecular formula is C18H20F3N7O2. The van der Waals surface area contributed by atoms with Crippen LogP contribution in [0, 0.1) is 0 Å². The van der Waals surface area contributed by atoms with Crippen LogP contribution in [-0.4, -0.2) is 64.0 Å². The predicted molar refractivity (Wildman–Crippen MR) is 102 cm³/mol. The van der Waals surface area contributed by atoms with Crippen molar-refractivity contribution in [1.82, 2.24) is 25.2 Å². The number of hydrogen-bond acceptors (Lipinski definition) is 6. The minimum Gasteiger partial charge on any atom is -0.337 e. The Morgan fingerprint density at radius 1 is 1.07 bits per heavy atom. The second-order valence-corrected chi connectivity index (χ2v) is 6.61. The summed E-state index contributed by atoms with van der Waals surface area (Å²) in [5.74, 6) is -0.0353. The number of alkyl halides is 3. The van der Waals surface area contributed by atoms with Crippen LogP contribution in [0.25, 0.3) is 0 Å². The lowest BCUT2D eigenvalue weighted by atomic mass is 10.2. The van der Waals surface area contributed by atoms with E-state index in [2.05, 4.69) is 25.6 Å². The average Bonchev–Trinajstić information content (AvgIpc) is 2.74. The molecule has 9 nitrogen and oxygen atoms in total. The number of piperazine rings is 1. The minimum absolute atomic E-state index is 0.0365. The number of pyridine rings is 1. The number of carbonyl (C=O) groups is 2. The molecule has 0 spiro atoms. The molecule has 1 saturated heterocycles. The molecule has 0 radical (unpaired) electrons. The maximum Gasteiger partial charge on any atom is 0.417 e. The molecule has 3 amide bonds. The first-order chi connectivity index (χ1) is 14.2. The Kier molecular flexibility index (Phi) is 6.33. The standard InChI is InChI=1S/C18H20F3N7O2/c1-12(15(29)26-14-4-3-13(11-24-14)18(19,20)21)25-17(30)28-9-7-27(8-10-28)16-22-5-2-6-23-16/h2-6,11-12H,7-10H2,1H3,(H,25,30)(H,24,26,29)/t12-/m0/s1. The van der Waals surface area contributed by atoms with E-state index in [-0.39, 0.29) is 5.82 Å². The van der Waals surface area contributed by atoms with Crippen molar-refractivity contribution in [1.29, 1.82) is 0 Å². The van der Waals surface area contributed by atoms with Crippen molar-refractivity contribution in [3.8, 4) is 0 Å². The smallest absolute Gasteiger partial charge is 0.337 e. The molecular weight excluding hydrogens is 403 g/mol. The Bertz CT molecular complexity index is 870. The first kappa shape index (κ1) is 21.3. The van der Waals surface area contributed by atoms with Crippen LogP contribution in [0.5, 0.6) is 0 Å². The first-order valence-electron chi connectivity index (χ1n) is 9.15. The topological polar surface area (TPSA) is 103 Å². The Balaban J connectivity index is 1.47. The van der Waals surface area contributed by atoms with Gasteiger partial charge in [-0.25, -0.2) is 19.7 Å². The number of hydrogen-bond donors (Lipinski definition) is 2. The normalized spacial score (nSPS) is 15.5. The summed E-state index contributed by atoms with van der Waals surface area (Å²) in [6.45, 7) is 3.43. The zero-order valence-corrected chi connectivity index (χ0v) is 16.1. The summed E-state index contributed by atoms with van der Waals surface area (Å²) in [6.07, 6.45) is -0.581. The summed E-state index contributed by atoms with van der Waals surface area (Å²) in [6, 6.07) is 2.28. The predicted octanol–water partition coefficient (Wildman–Crippen LogP) is 1.75. The maximum absolute atomic E-state index is 12.6. The van der Waals surface area contributed by atoms with Crippen LogP contribution in [0.2, 0.25) is 0 Å². The van der Waals surface area contributed by atoms with Crippen LogP contribution in [0.1, 0.15) is 12.5 Å². The van der Waals surface area contributed by atoms with Crippen LogP contribution in [-0.2, 0) is 11.0 Å². The zero-order valence-electron chi connectivity index (χ0n) is 16.1. The highest BCUT2D eigenvalue weighted by Gasteiger charge is 2.31. The molecule has 160 valence electrons. The Hall–Kier alpha value is -3.44. The molecule has 1 aliphatic rings. The van der Waals surface area contributed by atoms with Gasteiger partial charge in [-0.2, -0.15) is 13.2 Å². The largest absolute Gasteiger partial charge is 0.417 e. The molecule has 0 bridgehead atoms. The van der Waals surface area contributed by atoms with E-state index in [0.29, 0.717) is 38.3 Å². The van der Waals surface area contributed by atoms with Gasteiger partial charge in [0.05, 0.1) is 5.56 Å². The number of urea groups is 1. The van der Waals surface area contributed by atoms with Crippen molar-refractivity contribution < 1.29 is 22.8 Å². The van der Waals surface area contributed by atoms with Crippen molar-refractivity contribution in [3.63, 3.8) is 0 Å². The van der Waals surface area contributed by atoms with Crippen molar-refractivity contribution in [2.45, 2.75) is 19.1 Å². The van der Waals surface area contributed by atoms with Crippen LogP contribution >= 0.6 is 0 Å². The average molecular weight is 423 g/mol. The zero-order chi connectivity index (χ0) is 21.7. The highest BCUT2D eigenvalue weighted by atomic mass is 19.4. The first-order valence-corrected chi connectivity index (χ1v) is 9.15. The van der Waals surface area contributed by atoms with Gasteiger partial charge in [0, 0.05) is 44.8 Å². The monoisotopic (exact) mass is 423 g/mol. The Morgan fingerprint density at radius 2 is 1.73 bits per heavy atom. The molecule has 0 aliphatic carbocycles. The molecule has 2 aromatic rings. The van der Waals surface area contributed by atoms with Gasteiger partial charge in [0.25, 0.3) is 0 Å². The van der Waals surface area contributed by atoms with Gasteiger partial charge in [-0.3, -0.25) is 4.79 Å². The SMILES string of the molecule is C[C@H](NC(=O)N1CCN(c2ncccn2)CC1)C(=O)Nc1ccc(C(F)(F)F)cn1. The lowest BCUT2D eigenvalue weighted by molar-refractivity contribution is -0.137. The number of aromatic nitrogens is 3. The lowest BCUT2D eigenvalue weighted by Gasteiger charge is -2.35. The van der Waals surface area contributed by atoms with Gasteiger partial charge in [-0.15, -0.1) is 0 Å². The molecule has 1 aliphatic heterocycles. The molecule has 2 aromatic heterocycles. The third-order valence-electron chi connectivity index (χ3n) is 4.48. The third-order valence-corrected chi connectivity index (χ3v) is 4.48. The molecule has 3 heterocycles. The summed E-state index contributed by atoms with van der Waals surface area (Å²) in [4.78, 5) is 40.1. The van der Waals surface area contributed by atoms with Gasteiger partial charge >= 0.3 is 12.2 Å². The number of carbonyl (C=O) groups excluding carboxylic acids is 2. The number of amides is 3. The Labute approximate surface area is 170 Å². The van der Waals surface area contributed by atoms with Gasteiger partial charge in [-0.05, 0) is 25.1 Å². The van der Waals surface area contributed by atoms with E-state index in [1.54, 1.807) is 23.4 Å². The number of rotatable bonds is 4. The fraction of sp³-hybridized carbons (Fsp3) is 0.389. The summed E-state index contributed by atoms with van der Waals surface area (Å²) in [7, 11) is 0. The van der Waals surface area contributed by atoms with Crippen LogP contribution in [0.4, 0.5) is 29.7 Å². The van der Waals surface area contributed by atoms with E-state index in [4.69, 9.17) is 0 Å². The third kappa shape index (κ3) is 5.33. The van der Waals surface area contributed by atoms with E-state index < -0.39 is 29.7 Å². The molecule has 0 aromatic carbocycles. The second kappa shape index (κ2) is 8.93. The van der Waals surface area contributed by atoms with Crippen molar-refractivity contribution >= 4 is 23.7 Å².